The molecule has 5 heteroatoms. The first-order valence-corrected chi connectivity index (χ1v) is 7.32. The molecule has 0 bridgehead atoms. The third-order valence-corrected chi connectivity index (χ3v) is 4.22. The molecule has 3 rings (SSSR count). The summed E-state index contributed by atoms with van der Waals surface area (Å²) in [6.07, 6.45) is 1.06. The third-order valence-electron chi connectivity index (χ3n) is 3.23. The van der Waals surface area contributed by atoms with Crippen molar-refractivity contribution in [3.63, 3.8) is 0 Å². The van der Waals surface area contributed by atoms with Crippen LogP contribution in [0.1, 0.15) is 35.8 Å². The molecule has 3 heterocycles. The Hall–Kier alpha value is -0.650. The van der Waals surface area contributed by atoms with Gasteiger partial charge < -0.3 is 10.1 Å². The number of hydrogen-bond acceptors (Lipinski definition) is 5. The number of hydrogen-bond donors (Lipinski definition) is 1. The minimum atomic E-state index is 0.0879. The van der Waals surface area contributed by atoms with Gasteiger partial charge in [0.15, 0.2) is 5.82 Å². The second-order valence-corrected chi connectivity index (χ2v) is 5.50. The molecule has 1 atom stereocenters. The van der Waals surface area contributed by atoms with Crippen molar-refractivity contribution in [3.8, 4) is 0 Å². The van der Waals surface area contributed by atoms with E-state index in [4.69, 9.17) is 9.72 Å². The minimum Gasteiger partial charge on any atom is -0.368 e. The fourth-order valence-electron chi connectivity index (χ4n) is 2.33. The number of fused-ring (bicyclic) bond motifs is 1. The van der Waals surface area contributed by atoms with Crippen molar-refractivity contribution in [2.24, 2.45) is 0 Å². The van der Waals surface area contributed by atoms with Crippen molar-refractivity contribution in [1.29, 1.82) is 0 Å². The maximum absolute atomic E-state index is 5.76. The number of nitrogens with one attached hydrogen (secondary N) is 1. The molecule has 0 aromatic carbocycles. The maximum Gasteiger partial charge on any atom is 0.158 e. The van der Waals surface area contributed by atoms with Crippen LogP contribution in [0.5, 0.6) is 0 Å². The van der Waals surface area contributed by atoms with Gasteiger partial charge in [-0.3, -0.25) is 0 Å². The van der Waals surface area contributed by atoms with Gasteiger partial charge in [0.2, 0.25) is 0 Å². The number of nitrogens with zero attached hydrogens (tertiary/aromatic N) is 2. The molecule has 1 N–H and O–H groups in total. The van der Waals surface area contributed by atoms with Crippen LogP contribution >= 0.6 is 11.8 Å². The van der Waals surface area contributed by atoms with E-state index in [-0.39, 0.29) is 6.10 Å². The molecule has 1 fully saturated rings. The summed E-state index contributed by atoms with van der Waals surface area (Å²) in [5.41, 5.74) is 3.67. The summed E-state index contributed by atoms with van der Waals surface area (Å²) in [7, 11) is 0. The Kier molecular flexibility index (Phi) is 3.31. The smallest absolute Gasteiger partial charge is 0.158 e. The van der Waals surface area contributed by atoms with Gasteiger partial charge in [-0.2, -0.15) is 11.8 Å². The molecule has 0 aliphatic carbocycles. The summed E-state index contributed by atoms with van der Waals surface area (Å²) < 4.78 is 5.76. The summed E-state index contributed by atoms with van der Waals surface area (Å²) in [6.45, 7) is 4.76. The zero-order valence-corrected chi connectivity index (χ0v) is 10.8. The Morgan fingerprint density at radius 1 is 1.41 bits per heavy atom. The van der Waals surface area contributed by atoms with Crippen molar-refractivity contribution in [2.45, 2.75) is 32.5 Å². The number of aryl methyl sites for hydroxylation is 1. The highest BCUT2D eigenvalue weighted by molar-refractivity contribution is 7.99. The highest BCUT2D eigenvalue weighted by Gasteiger charge is 2.24. The van der Waals surface area contributed by atoms with Crippen LogP contribution in [0.15, 0.2) is 0 Å². The van der Waals surface area contributed by atoms with E-state index in [1.54, 1.807) is 0 Å². The second kappa shape index (κ2) is 4.92. The van der Waals surface area contributed by atoms with Crippen LogP contribution in [0.4, 0.5) is 0 Å². The summed E-state index contributed by atoms with van der Waals surface area (Å²) in [5.74, 6) is 2.95. The van der Waals surface area contributed by atoms with E-state index in [2.05, 4.69) is 17.2 Å². The fraction of sp³-hybridized carbons (Fsp3) is 0.667. The average Bonchev–Trinajstić information content (AvgIpc) is 2.86. The number of thioether (sulfide) groups is 1. The van der Waals surface area contributed by atoms with Crippen LogP contribution < -0.4 is 5.32 Å². The van der Waals surface area contributed by atoms with Crippen molar-refractivity contribution < 1.29 is 4.74 Å². The Bertz CT molecular complexity index is 418. The van der Waals surface area contributed by atoms with Gasteiger partial charge in [-0.1, -0.05) is 6.92 Å². The topological polar surface area (TPSA) is 47.0 Å². The Labute approximate surface area is 106 Å². The first-order chi connectivity index (χ1) is 8.38. The van der Waals surface area contributed by atoms with E-state index in [1.807, 2.05) is 11.8 Å². The third kappa shape index (κ3) is 2.19. The summed E-state index contributed by atoms with van der Waals surface area (Å²) >= 11 is 1.92. The van der Waals surface area contributed by atoms with Gasteiger partial charge in [0, 0.05) is 35.9 Å². The quantitative estimate of drug-likeness (QED) is 0.862. The van der Waals surface area contributed by atoms with Gasteiger partial charge in [0.05, 0.1) is 12.3 Å². The summed E-state index contributed by atoms with van der Waals surface area (Å²) in [5, 5.41) is 3.34. The second-order valence-electron chi connectivity index (χ2n) is 4.35. The average molecular weight is 251 g/mol. The van der Waals surface area contributed by atoms with E-state index in [1.165, 1.54) is 17.0 Å². The van der Waals surface area contributed by atoms with Crippen LogP contribution in [0.3, 0.4) is 0 Å². The minimum absolute atomic E-state index is 0.0879. The lowest BCUT2D eigenvalue weighted by atomic mass is 10.1. The Morgan fingerprint density at radius 3 is 3.12 bits per heavy atom. The highest BCUT2D eigenvalue weighted by atomic mass is 32.2. The van der Waals surface area contributed by atoms with Crippen LogP contribution in [0.2, 0.25) is 0 Å². The molecule has 92 valence electrons. The lowest BCUT2D eigenvalue weighted by Crippen LogP contribution is -2.19. The molecule has 1 unspecified atom stereocenters. The van der Waals surface area contributed by atoms with Gasteiger partial charge in [-0.25, -0.2) is 9.97 Å². The molecule has 0 amide bonds. The molecule has 0 saturated carbocycles. The van der Waals surface area contributed by atoms with Crippen LogP contribution in [0, 0.1) is 0 Å². The lowest BCUT2D eigenvalue weighted by Gasteiger charge is -2.22. The van der Waals surface area contributed by atoms with E-state index in [0.717, 1.165) is 43.4 Å². The highest BCUT2D eigenvalue weighted by Crippen LogP contribution is 2.26. The summed E-state index contributed by atoms with van der Waals surface area (Å²) in [6, 6.07) is 0. The Balaban J connectivity index is 1.94. The SMILES string of the molecule is CCc1nc(C2CSCCO2)nc2c1CNC2. The van der Waals surface area contributed by atoms with E-state index >= 15 is 0 Å². The van der Waals surface area contributed by atoms with Gasteiger partial charge >= 0.3 is 0 Å². The number of ether oxygens (including phenoxy) is 1. The van der Waals surface area contributed by atoms with Gasteiger partial charge in [0.25, 0.3) is 0 Å². The standard InChI is InChI=1S/C12H17N3OS/c1-2-9-8-5-13-6-10(8)15-12(14-9)11-7-17-4-3-16-11/h11,13H,2-7H2,1H3. The molecule has 1 aromatic rings. The molecule has 0 spiro atoms. The zero-order valence-electron chi connectivity index (χ0n) is 10.0. The molecule has 17 heavy (non-hydrogen) atoms. The van der Waals surface area contributed by atoms with Crippen molar-refractivity contribution >= 4 is 11.8 Å². The van der Waals surface area contributed by atoms with Crippen LogP contribution in [0.25, 0.3) is 0 Å². The van der Waals surface area contributed by atoms with Gasteiger partial charge in [-0.05, 0) is 6.42 Å². The predicted molar refractivity (Wildman–Crippen MR) is 68.0 cm³/mol. The van der Waals surface area contributed by atoms with Crippen LogP contribution in [-0.2, 0) is 24.2 Å². The first kappa shape index (κ1) is 11.4. The molecule has 1 saturated heterocycles. The van der Waals surface area contributed by atoms with E-state index in [0.29, 0.717) is 0 Å². The monoisotopic (exact) mass is 251 g/mol. The molecular weight excluding hydrogens is 234 g/mol. The summed E-state index contributed by atoms with van der Waals surface area (Å²) in [4.78, 5) is 9.37. The Morgan fingerprint density at radius 2 is 2.35 bits per heavy atom. The number of rotatable bonds is 2. The van der Waals surface area contributed by atoms with Gasteiger partial charge in [-0.15, -0.1) is 0 Å². The molecule has 0 radical (unpaired) electrons. The normalized spacial score (nSPS) is 23.7. The largest absolute Gasteiger partial charge is 0.368 e. The molecule has 1 aromatic heterocycles. The zero-order chi connectivity index (χ0) is 11.7. The van der Waals surface area contributed by atoms with Gasteiger partial charge in [0.1, 0.15) is 6.10 Å². The maximum atomic E-state index is 5.76. The van der Waals surface area contributed by atoms with Crippen molar-refractivity contribution in [3.05, 3.63) is 22.8 Å². The van der Waals surface area contributed by atoms with Crippen molar-refractivity contribution in [1.82, 2.24) is 15.3 Å². The molecule has 2 aliphatic heterocycles. The number of aromatic nitrogens is 2. The van der Waals surface area contributed by atoms with E-state index < -0.39 is 0 Å². The first-order valence-electron chi connectivity index (χ1n) is 6.17. The van der Waals surface area contributed by atoms with Crippen molar-refractivity contribution in [2.75, 3.05) is 18.1 Å². The fourth-order valence-corrected chi connectivity index (χ4v) is 3.17. The molecule has 4 nitrogen and oxygen atoms in total. The van der Waals surface area contributed by atoms with E-state index in [9.17, 15) is 0 Å². The predicted octanol–water partition coefficient (Wildman–Crippen LogP) is 1.45. The molecular formula is C12H17N3OS. The molecule has 2 aliphatic rings. The lowest BCUT2D eigenvalue weighted by molar-refractivity contribution is 0.0691. The van der Waals surface area contributed by atoms with Crippen LogP contribution in [-0.4, -0.2) is 28.1 Å².